The maximum Gasteiger partial charge on any atom is 0.254 e. The topological polar surface area (TPSA) is 52.6 Å². The number of carbonyl (C=O) groups is 2. The van der Waals surface area contributed by atoms with Crippen molar-refractivity contribution in [2.24, 2.45) is 0 Å². The second-order valence-electron chi connectivity index (χ2n) is 4.09. The molecule has 0 aliphatic heterocycles. The molecule has 4 nitrogen and oxygen atoms in total. The van der Waals surface area contributed by atoms with Crippen LogP contribution < -0.4 is 0 Å². The number of allylic oxidation sites excluding steroid dienone is 3. The molecule has 1 aliphatic rings. The van der Waals surface area contributed by atoms with Gasteiger partial charge >= 0.3 is 0 Å². The van der Waals surface area contributed by atoms with Gasteiger partial charge in [0.1, 0.15) is 0 Å². The molecule has 0 saturated carbocycles. The first-order valence-electron chi connectivity index (χ1n) is 6.01. The third-order valence-corrected chi connectivity index (χ3v) is 3.42. The van der Waals surface area contributed by atoms with Crippen LogP contribution >= 0.6 is 11.8 Å². The van der Waals surface area contributed by atoms with E-state index in [-0.39, 0.29) is 11.7 Å². The standard InChI is InChI=1S/C15H18O4S/c1-5-6-7-8-19-15(18-3)10-11(2)12(9-13(15)16)14(17)20-4/h5-7,9-10H,1,8H2,2-4H3/b7-6+. The number of methoxy groups -OCH3 is 1. The van der Waals surface area contributed by atoms with Crippen molar-refractivity contribution in [1.29, 1.82) is 0 Å². The van der Waals surface area contributed by atoms with E-state index >= 15 is 0 Å². The summed E-state index contributed by atoms with van der Waals surface area (Å²) in [6.45, 7) is 5.50. The first-order valence-corrected chi connectivity index (χ1v) is 7.24. The predicted molar refractivity (Wildman–Crippen MR) is 80.4 cm³/mol. The third-order valence-electron chi connectivity index (χ3n) is 2.82. The Morgan fingerprint density at radius 1 is 1.55 bits per heavy atom. The van der Waals surface area contributed by atoms with E-state index in [4.69, 9.17) is 9.47 Å². The zero-order valence-electron chi connectivity index (χ0n) is 11.8. The molecule has 5 heteroatoms. The molecule has 0 aromatic heterocycles. The summed E-state index contributed by atoms with van der Waals surface area (Å²) in [7, 11) is 1.40. The van der Waals surface area contributed by atoms with E-state index in [1.807, 2.05) is 0 Å². The van der Waals surface area contributed by atoms with Crippen LogP contribution in [-0.4, -0.2) is 36.7 Å². The van der Waals surface area contributed by atoms with Crippen molar-refractivity contribution in [1.82, 2.24) is 0 Å². The highest BCUT2D eigenvalue weighted by molar-refractivity contribution is 8.13. The zero-order chi connectivity index (χ0) is 15.2. The van der Waals surface area contributed by atoms with Crippen LogP contribution in [0.3, 0.4) is 0 Å². The minimum absolute atomic E-state index is 0.150. The minimum Gasteiger partial charge on any atom is -0.344 e. The van der Waals surface area contributed by atoms with Crippen LogP contribution in [0.2, 0.25) is 0 Å². The average molecular weight is 294 g/mol. The van der Waals surface area contributed by atoms with Crippen molar-refractivity contribution in [3.05, 3.63) is 48.1 Å². The quantitative estimate of drug-likeness (QED) is 0.556. The summed E-state index contributed by atoms with van der Waals surface area (Å²) in [6, 6.07) is 0. The Labute approximate surface area is 123 Å². The van der Waals surface area contributed by atoms with E-state index in [2.05, 4.69) is 6.58 Å². The lowest BCUT2D eigenvalue weighted by atomic mass is 9.94. The first kappa shape index (κ1) is 16.6. The summed E-state index contributed by atoms with van der Waals surface area (Å²) in [6.07, 6.45) is 9.55. The van der Waals surface area contributed by atoms with Crippen molar-refractivity contribution in [2.45, 2.75) is 12.7 Å². The maximum atomic E-state index is 12.2. The molecular weight excluding hydrogens is 276 g/mol. The fraction of sp³-hybridized carbons (Fsp3) is 0.333. The Bertz CT molecular complexity index is 502. The van der Waals surface area contributed by atoms with Gasteiger partial charge in [0.15, 0.2) is 0 Å². The Kier molecular flexibility index (Phi) is 6.13. The van der Waals surface area contributed by atoms with Gasteiger partial charge < -0.3 is 9.47 Å². The van der Waals surface area contributed by atoms with Gasteiger partial charge in [-0.05, 0) is 30.9 Å². The molecule has 108 valence electrons. The molecule has 0 aromatic carbocycles. The minimum atomic E-state index is -1.46. The van der Waals surface area contributed by atoms with Crippen molar-refractivity contribution in [3.8, 4) is 0 Å². The lowest BCUT2D eigenvalue weighted by Gasteiger charge is -2.30. The highest BCUT2D eigenvalue weighted by Gasteiger charge is 2.40. The lowest BCUT2D eigenvalue weighted by Crippen LogP contribution is -2.43. The smallest absolute Gasteiger partial charge is 0.254 e. The molecule has 0 N–H and O–H groups in total. The molecule has 0 bridgehead atoms. The van der Waals surface area contributed by atoms with Gasteiger partial charge in [0.2, 0.25) is 10.9 Å². The van der Waals surface area contributed by atoms with Crippen molar-refractivity contribution < 1.29 is 19.1 Å². The third kappa shape index (κ3) is 3.56. The number of thioether (sulfide) groups is 1. The van der Waals surface area contributed by atoms with Crippen molar-refractivity contribution in [2.75, 3.05) is 20.0 Å². The van der Waals surface area contributed by atoms with Gasteiger partial charge in [-0.15, -0.1) is 0 Å². The van der Waals surface area contributed by atoms with Crippen molar-refractivity contribution in [3.63, 3.8) is 0 Å². The number of hydrogen-bond donors (Lipinski definition) is 0. The summed E-state index contributed by atoms with van der Waals surface area (Å²) in [5.74, 6) is -1.85. The molecule has 1 rings (SSSR count). The second-order valence-corrected chi connectivity index (χ2v) is 4.87. The lowest BCUT2D eigenvalue weighted by molar-refractivity contribution is -0.187. The van der Waals surface area contributed by atoms with E-state index in [9.17, 15) is 9.59 Å². The Balaban J connectivity index is 2.98. The molecule has 1 unspecified atom stereocenters. The number of carbonyl (C=O) groups excluding carboxylic acids is 2. The van der Waals surface area contributed by atoms with Gasteiger partial charge in [-0.3, -0.25) is 9.59 Å². The maximum absolute atomic E-state index is 12.2. The summed E-state index contributed by atoms with van der Waals surface area (Å²) in [5.41, 5.74) is 1.05. The number of ketones is 1. The summed E-state index contributed by atoms with van der Waals surface area (Å²) < 4.78 is 10.8. The first-order chi connectivity index (χ1) is 9.50. The molecular formula is C15H18O4S. The highest BCUT2D eigenvalue weighted by atomic mass is 32.2. The normalized spacial score (nSPS) is 22.6. The molecule has 1 atom stereocenters. The summed E-state index contributed by atoms with van der Waals surface area (Å²) in [5, 5.41) is -0.150. The Morgan fingerprint density at radius 3 is 2.80 bits per heavy atom. The highest BCUT2D eigenvalue weighted by Crippen LogP contribution is 2.29. The molecule has 0 radical (unpaired) electrons. The fourth-order valence-corrected chi connectivity index (χ4v) is 2.20. The monoisotopic (exact) mass is 294 g/mol. The van der Waals surface area contributed by atoms with E-state index in [1.54, 1.807) is 37.5 Å². The van der Waals surface area contributed by atoms with Gasteiger partial charge in [0.05, 0.1) is 6.61 Å². The number of rotatable bonds is 6. The van der Waals surface area contributed by atoms with E-state index in [1.165, 1.54) is 13.2 Å². The van der Waals surface area contributed by atoms with E-state index in [0.717, 1.165) is 11.8 Å². The molecule has 20 heavy (non-hydrogen) atoms. The zero-order valence-corrected chi connectivity index (χ0v) is 12.7. The Morgan fingerprint density at radius 2 is 2.25 bits per heavy atom. The largest absolute Gasteiger partial charge is 0.344 e. The van der Waals surface area contributed by atoms with Crippen LogP contribution in [-0.2, 0) is 19.1 Å². The van der Waals surface area contributed by atoms with Crippen LogP contribution in [0.15, 0.2) is 48.1 Å². The number of hydrogen-bond acceptors (Lipinski definition) is 5. The molecule has 0 heterocycles. The molecule has 0 spiro atoms. The van der Waals surface area contributed by atoms with Crippen LogP contribution in [0, 0.1) is 0 Å². The van der Waals surface area contributed by atoms with Gasteiger partial charge in [-0.2, -0.15) is 0 Å². The van der Waals surface area contributed by atoms with Crippen LogP contribution in [0.4, 0.5) is 0 Å². The fourth-order valence-electron chi connectivity index (χ4n) is 1.76. The molecule has 1 aliphatic carbocycles. The summed E-state index contributed by atoms with van der Waals surface area (Å²) in [4.78, 5) is 23.9. The predicted octanol–water partition coefficient (Wildman–Crippen LogP) is 2.43. The van der Waals surface area contributed by atoms with Crippen LogP contribution in [0.5, 0.6) is 0 Å². The van der Waals surface area contributed by atoms with Gasteiger partial charge in [0.25, 0.3) is 5.79 Å². The Hall–Kier alpha value is -1.43. The second kappa shape index (κ2) is 7.38. The summed E-state index contributed by atoms with van der Waals surface area (Å²) >= 11 is 1.07. The molecule has 0 amide bonds. The van der Waals surface area contributed by atoms with Gasteiger partial charge in [-0.1, -0.05) is 36.6 Å². The van der Waals surface area contributed by atoms with Crippen LogP contribution in [0.1, 0.15) is 6.92 Å². The van der Waals surface area contributed by atoms with Gasteiger partial charge in [0, 0.05) is 12.7 Å². The number of ether oxygens (including phenoxy) is 2. The molecule has 0 aromatic rings. The van der Waals surface area contributed by atoms with E-state index < -0.39 is 11.6 Å². The molecule has 0 saturated heterocycles. The molecule has 0 fully saturated rings. The SMILES string of the molecule is C=C/C=C/COC1(OC)C=C(C)C(C(=O)SC)=CC1=O. The van der Waals surface area contributed by atoms with Crippen molar-refractivity contribution >= 4 is 22.7 Å². The average Bonchev–Trinajstić information content (AvgIpc) is 2.45. The van der Waals surface area contributed by atoms with E-state index in [0.29, 0.717) is 11.1 Å². The van der Waals surface area contributed by atoms with Gasteiger partial charge in [-0.25, -0.2) is 0 Å². The van der Waals surface area contributed by atoms with Crippen LogP contribution in [0.25, 0.3) is 0 Å².